The molecule has 1 heterocycles. The number of carbonyl (C=O) groups excluding carboxylic acids is 2. The van der Waals surface area contributed by atoms with Gasteiger partial charge in [-0.15, -0.1) is 0 Å². The fourth-order valence-electron chi connectivity index (χ4n) is 1.86. The largest absolute Gasteiger partial charge is 0.376 e. The molecular formula is C13H14F2N2O3. The summed E-state index contributed by atoms with van der Waals surface area (Å²) in [6.07, 6.45) is 1.64. The Labute approximate surface area is 114 Å². The summed E-state index contributed by atoms with van der Waals surface area (Å²) in [5, 5.41) is 4.41. The molecule has 2 amide bonds. The molecule has 0 radical (unpaired) electrons. The van der Waals surface area contributed by atoms with Crippen LogP contribution in [0.5, 0.6) is 0 Å². The van der Waals surface area contributed by atoms with Crippen molar-refractivity contribution >= 4 is 17.5 Å². The van der Waals surface area contributed by atoms with E-state index in [-0.39, 0.29) is 18.3 Å². The number of halogens is 2. The quantitative estimate of drug-likeness (QED) is 0.820. The number of hydrogen-bond donors (Lipinski definition) is 2. The Hall–Kier alpha value is -2.02. The molecule has 7 heteroatoms. The Kier molecular flexibility index (Phi) is 4.62. The Balaban J connectivity index is 1.87. The lowest BCUT2D eigenvalue weighted by molar-refractivity contribution is -0.136. The molecule has 1 atom stereocenters. The third-order valence-corrected chi connectivity index (χ3v) is 2.90. The van der Waals surface area contributed by atoms with Crippen LogP contribution in [0.2, 0.25) is 0 Å². The number of benzene rings is 1. The lowest BCUT2D eigenvalue weighted by atomic mass is 10.2. The lowest BCUT2D eigenvalue weighted by Crippen LogP contribution is -2.39. The molecule has 0 spiro atoms. The summed E-state index contributed by atoms with van der Waals surface area (Å²) in [6.45, 7) is 0.860. The number of amides is 2. The van der Waals surface area contributed by atoms with Crippen LogP contribution >= 0.6 is 0 Å². The predicted molar refractivity (Wildman–Crippen MR) is 67.0 cm³/mol. The van der Waals surface area contributed by atoms with Crippen LogP contribution < -0.4 is 10.6 Å². The molecule has 1 saturated heterocycles. The maximum Gasteiger partial charge on any atom is 0.313 e. The van der Waals surface area contributed by atoms with Gasteiger partial charge in [-0.1, -0.05) is 0 Å². The molecule has 1 aromatic rings. The molecule has 5 nitrogen and oxygen atoms in total. The smallest absolute Gasteiger partial charge is 0.313 e. The van der Waals surface area contributed by atoms with Crippen LogP contribution in [0.1, 0.15) is 12.8 Å². The summed E-state index contributed by atoms with van der Waals surface area (Å²) in [7, 11) is 0. The summed E-state index contributed by atoms with van der Waals surface area (Å²) in [5.41, 5.74) is -0.373. The highest BCUT2D eigenvalue weighted by molar-refractivity contribution is 6.39. The van der Waals surface area contributed by atoms with Gasteiger partial charge in [0.25, 0.3) is 0 Å². The molecule has 1 aliphatic heterocycles. The normalized spacial score (nSPS) is 17.8. The highest BCUT2D eigenvalue weighted by Crippen LogP contribution is 2.15. The molecule has 0 aromatic heterocycles. The van der Waals surface area contributed by atoms with E-state index in [1.165, 1.54) is 0 Å². The van der Waals surface area contributed by atoms with E-state index in [0.717, 1.165) is 31.0 Å². The minimum Gasteiger partial charge on any atom is -0.376 e. The van der Waals surface area contributed by atoms with E-state index in [9.17, 15) is 18.4 Å². The molecular weight excluding hydrogens is 270 g/mol. The molecule has 2 N–H and O–H groups in total. The highest BCUT2D eigenvalue weighted by atomic mass is 19.1. The number of carbonyl (C=O) groups is 2. The van der Waals surface area contributed by atoms with E-state index in [1.54, 1.807) is 0 Å². The third kappa shape index (κ3) is 3.74. The molecule has 1 aliphatic rings. The molecule has 1 aromatic carbocycles. The van der Waals surface area contributed by atoms with E-state index in [4.69, 9.17) is 4.74 Å². The van der Waals surface area contributed by atoms with Crippen LogP contribution in [0.15, 0.2) is 18.2 Å². The Morgan fingerprint density at radius 3 is 2.80 bits per heavy atom. The van der Waals surface area contributed by atoms with Gasteiger partial charge in [-0.2, -0.15) is 0 Å². The van der Waals surface area contributed by atoms with E-state index >= 15 is 0 Å². The zero-order chi connectivity index (χ0) is 14.5. The van der Waals surface area contributed by atoms with Crippen molar-refractivity contribution in [2.24, 2.45) is 0 Å². The molecule has 108 valence electrons. The zero-order valence-electron chi connectivity index (χ0n) is 10.6. The first-order chi connectivity index (χ1) is 9.56. The van der Waals surface area contributed by atoms with E-state index in [2.05, 4.69) is 5.32 Å². The van der Waals surface area contributed by atoms with Gasteiger partial charge >= 0.3 is 11.8 Å². The number of ether oxygens (including phenoxy) is 1. The number of rotatable bonds is 3. The second-order valence-corrected chi connectivity index (χ2v) is 4.42. The Morgan fingerprint density at radius 1 is 1.30 bits per heavy atom. The van der Waals surface area contributed by atoms with Gasteiger partial charge in [-0.25, -0.2) is 8.78 Å². The molecule has 0 saturated carbocycles. The predicted octanol–water partition coefficient (Wildman–Crippen LogP) is 1.20. The van der Waals surface area contributed by atoms with Gasteiger partial charge in [0, 0.05) is 19.2 Å². The van der Waals surface area contributed by atoms with Crippen molar-refractivity contribution in [1.82, 2.24) is 5.32 Å². The molecule has 2 rings (SSSR count). The Morgan fingerprint density at radius 2 is 2.10 bits per heavy atom. The topological polar surface area (TPSA) is 67.4 Å². The number of anilines is 1. The van der Waals surface area contributed by atoms with Gasteiger partial charge in [-0.3, -0.25) is 9.59 Å². The summed E-state index contributed by atoms with van der Waals surface area (Å²) in [6, 6.07) is 2.60. The minimum absolute atomic E-state index is 0.0994. The first kappa shape index (κ1) is 14.4. The summed E-state index contributed by atoms with van der Waals surface area (Å²) in [4.78, 5) is 23.0. The standard InChI is InChI=1S/C13H14F2N2O3/c14-8-3-4-10(15)11(6-8)17-13(19)12(18)16-7-9-2-1-5-20-9/h3-4,6,9H,1-2,5,7H2,(H,16,18)(H,17,19). The average Bonchev–Trinajstić information content (AvgIpc) is 2.93. The van der Waals surface area contributed by atoms with E-state index < -0.39 is 23.4 Å². The molecule has 20 heavy (non-hydrogen) atoms. The van der Waals surface area contributed by atoms with Crippen LogP contribution in [0, 0.1) is 11.6 Å². The average molecular weight is 284 g/mol. The van der Waals surface area contributed by atoms with Gasteiger partial charge < -0.3 is 15.4 Å². The first-order valence-electron chi connectivity index (χ1n) is 6.22. The van der Waals surface area contributed by atoms with Crippen molar-refractivity contribution in [2.75, 3.05) is 18.5 Å². The molecule has 1 fully saturated rings. The van der Waals surface area contributed by atoms with Gasteiger partial charge in [-0.05, 0) is 25.0 Å². The van der Waals surface area contributed by atoms with Crippen LogP contribution in [0.25, 0.3) is 0 Å². The van der Waals surface area contributed by atoms with Crippen LogP contribution in [-0.2, 0) is 14.3 Å². The van der Waals surface area contributed by atoms with Crippen LogP contribution in [0.4, 0.5) is 14.5 Å². The fourth-order valence-corrected chi connectivity index (χ4v) is 1.86. The van der Waals surface area contributed by atoms with Crippen LogP contribution in [-0.4, -0.2) is 31.1 Å². The number of nitrogens with one attached hydrogen (secondary N) is 2. The van der Waals surface area contributed by atoms with Crippen molar-refractivity contribution in [2.45, 2.75) is 18.9 Å². The third-order valence-electron chi connectivity index (χ3n) is 2.90. The summed E-state index contributed by atoms with van der Waals surface area (Å²) < 4.78 is 31.5. The van der Waals surface area contributed by atoms with Crippen LogP contribution in [0.3, 0.4) is 0 Å². The van der Waals surface area contributed by atoms with Gasteiger partial charge in [0.2, 0.25) is 0 Å². The van der Waals surface area contributed by atoms with Gasteiger partial charge in [0.15, 0.2) is 0 Å². The highest BCUT2D eigenvalue weighted by Gasteiger charge is 2.20. The van der Waals surface area contributed by atoms with E-state index in [1.807, 2.05) is 5.32 Å². The second-order valence-electron chi connectivity index (χ2n) is 4.42. The van der Waals surface area contributed by atoms with Gasteiger partial charge in [0.1, 0.15) is 11.6 Å². The van der Waals surface area contributed by atoms with Crippen molar-refractivity contribution in [3.05, 3.63) is 29.8 Å². The number of hydrogen-bond acceptors (Lipinski definition) is 3. The molecule has 0 bridgehead atoms. The monoisotopic (exact) mass is 284 g/mol. The zero-order valence-corrected chi connectivity index (χ0v) is 10.6. The lowest BCUT2D eigenvalue weighted by Gasteiger charge is -2.11. The SMILES string of the molecule is O=C(NCC1CCCO1)C(=O)Nc1cc(F)ccc1F. The minimum atomic E-state index is -1.05. The van der Waals surface area contributed by atoms with Crippen molar-refractivity contribution in [1.29, 1.82) is 0 Å². The fraction of sp³-hybridized carbons (Fsp3) is 0.385. The van der Waals surface area contributed by atoms with Crippen molar-refractivity contribution < 1.29 is 23.1 Å². The Bertz CT molecular complexity index is 516. The summed E-state index contributed by atoms with van der Waals surface area (Å²) >= 11 is 0. The van der Waals surface area contributed by atoms with Gasteiger partial charge in [0.05, 0.1) is 11.8 Å². The van der Waals surface area contributed by atoms with Crippen molar-refractivity contribution in [3.8, 4) is 0 Å². The van der Waals surface area contributed by atoms with Crippen molar-refractivity contribution in [3.63, 3.8) is 0 Å². The maximum absolute atomic E-state index is 13.3. The summed E-state index contributed by atoms with van der Waals surface area (Å²) in [5.74, 6) is -3.48. The molecule has 0 aliphatic carbocycles. The second kappa shape index (κ2) is 6.42. The maximum atomic E-state index is 13.3. The van der Waals surface area contributed by atoms with E-state index in [0.29, 0.717) is 6.61 Å². The first-order valence-corrected chi connectivity index (χ1v) is 6.22. The molecule has 1 unspecified atom stereocenters.